The van der Waals surface area contributed by atoms with Gasteiger partial charge in [-0.1, -0.05) is 0 Å². The van der Waals surface area contributed by atoms with E-state index in [1.165, 1.54) is 9.35 Å². The molecule has 0 spiro atoms. The molecule has 0 bridgehead atoms. The van der Waals surface area contributed by atoms with Crippen molar-refractivity contribution < 1.29 is 4.74 Å². The zero-order valence-electron chi connectivity index (χ0n) is 7.71. The average molecular weight is 296 g/mol. The van der Waals surface area contributed by atoms with Gasteiger partial charge >= 0.3 is 0 Å². The molecule has 2 rings (SSSR count). The normalized spacial score (nSPS) is 27.9. The molecule has 1 aromatic rings. The second-order valence-corrected chi connectivity index (χ2v) is 5.95. The summed E-state index contributed by atoms with van der Waals surface area (Å²) in [4.78, 5) is 1.38. The van der Waals surface area contributed by atoms with Gasteiger partial charge in [0.25, 0.3) is 0 Å². The zero-order chi connectivity index (χ0) is 9.97. The number of rotatable bonds is 2. The largest absolute Gasteiger partial charge is 0.381 e. The summed E-state index contributed by atoms with van der Waals surface area (Å²) in [6.45, 7) is 1.62. The van der Waals surface area contributed by atoms with Gasteiger partial charge in [-0.3, -0.25) is 0 Å². The maximum absolute atomic E-state index is 6.26. The molecule has 0 amide bonds. The Kier molecular flexibility index (Phi) is 3.88. The van der Waals surface area contributed by atoms with Gasteiger partial charge in [0, 0.05) is 27.3 Å². The summed E-state index contributed by atoms with van der Waals surface area (Å²) in [5.41, 5.74) is 0. The van der Waals surface area contributed by atoms with E-state index in [0.29, 0.717) is 5.92 Å². The van der Waals surface area contributed by atoms with E-state index in [2.05, 4.69) is 27.4 Å². The molecule has 1 aromatic heterocycles. The van der Waals surface area contributed by atoms with Crippen molar-refractivity contribution in [1.29, 1.82) is 0 Å². The van der Waals surface area contributed by atoms with Crippen LogP contribution < -0.4 is 0 Å². The summed E-state index contributed by atoms with van der Waals surface area (Å²) >= 11 is 11.6. The van der Waals surface area contributed by atoms with Crippen LogP contribution in [0.4, 0.5) is 0 Å². The molecule has 0 aromatic carbocycles. The van der Waals surface area contributed by atoms with Gasteiger partial charge in [0.05, 0.1) is 6.61 Å². The summed E-state index contributed by atoms with van der Waals surface area (Å²) in [7, 11) is 0. The lowest BCUT2D eigenvalue weighted by Crippen LogP contribution is -2.29. The van der Waals surface area contributed by atoms with Gasteiger partial charge in [-0.05, 0) is 40.2 Å². The molecule has 1 fully saturated rings. The Labute approximate surface area is 102 Å². The van der Waals surface area contributed by atoms with Crippen molar-refractivity contribution in [3.8, 4) is 0 Å². The topological polar surface area (TPSA) is 9.23 Å². The van der Waals surface area contributed by atoms with Gasteiger partial charge in [-0.2, -0.15) is 0 Å². The highest BCUT2D eigenvalue weighted by molar-refractivity contribution is 9.10. The van der Waals surface area contributed by atoms with E-state index >= 15 is 0 Å². The molecular formula is C10H12BrClOS. The molecule has 2 atom stereocenters. The lowest BCUT2D eigenvalue weighted by molar-refractivity contribution is 0.0580. The van der Waals surface area contributed by atoms with Crippen molar-refractivity contribution in [2.24, 2.45) is 5.92 Å². The third kappa shape index (κ3) is 2.51. The first-order valence-corrected chi connectivity index (χ1v) is 6.82. The van der Waals surface area contributed by atoms with Crippen LogP contribution in [0.25, 0.3) is 0 Å². The predicted molar refractivity (Wildman–Crippen MR) is 64.3 cm³/mol. The molecule has 1 aliphatic heterocycles. The molecule has 1 nitrogen and oxygen atoms in total. The first kappa shape index (κ1) is 10.9. The van der Waals surface area contributed by atoms with Crippen molar-refractivity contribution in [1.82, 2.24) is 0 Å². The molecule has 4 heteroatoms. The molecular weight excluding hydrogens is 284 g/mol. The van der Waals surface area contributed by atoms with Crippen LogP contribution in [-0.2, 0) is 11.2 Å². The molecule has 0 radical (unpaired) electrons. The summed E-state index contributed by atoms with van der Waals surface area (Å²) in [5, 5.41) is 2.38. The third-order valence-corrected chi connectivity index (χ3v) is 5.04. The average Bonchev–Trinajstić information content (AvgIpc) is 2.56. The van der Waals surface area contributed by atoms with Crippen LogP contribution in [0.3, 0.4) is 0 Å². The SMILES string of the molecule is ClC1CCOCC1Cc1sccc1Br. The molecule has 2 heterocycles. The number of hydrogen-bond acceptors (Lipinski definition) is 2. The lowest BCUT2D eigenvalue weighted by Gasteiger charge is -2.26. The van der Waals surface area contributed by atoms with Crippen LogP contribution in [0.5, 0.6) is 0 Å². The van der Waals surface area contributed by atoms with Gasteiger partial charge in [0.15, 0.2) is 0 Å². The van der Waals surface area contributed by atoms with E-state index in [9.17, 15) is 0 Å². The van der Waals surface area contributed by atoms with Crippen LogP contribution in [0.1, 0.15) is 11.3 Å². The molecule has 1 saturated heterocycles. The Morgan fingerprint density at radius 1 is 1.64 bits per heavy atom. The number of hydrogen-bond donors (Lipinski definition) is 0. The second kappa shape index (κ2) is 4.97. The van der Waals surface area contributed by atoms with E-state index in [0.717, 1.165) is 26.1 Å². The van der Waals surface area contributed by atoms with Crippen LogP contribution in [0, 0.1) is 5.92 Å². The fourth-order valence-corrected chi connectivity index (χ4v) is 3.53. The van der Waals surface area contributed by atoms with Crippen LogP contribution in [-0.4, -0.2) is 18.6 Å². The van der Waals surface area contributed by atoms with E-state index in [1.54, 1.807) is 11.3 Å². The van der Waals surface area contributed by atoms with Gasteiger partial charge in [-0.15, -0.1) is 22.9 Å². The number of halogens is 2. The zero-order valence-corrected chi connectivity index (χ0v) is 10.9. The highest BCUT2D eigenvalue weighted by Crippen LogP contribution is 2.30. The minimum absolute atomic E-state index is 0.276. The number of ether oxygens (including phenoxy) is 1. The second-order valence-electron chi connectivity index (χ2n) is 3.54. The van der Waals surface area contributed by atoms with Crippen molar-refractivity contribution in [3.05, 3.63) is 20.8 Å². The highest BCUT2D eigenvalue weighted by atomic mass is 79.9. The van der Waals surface area contributed by atoms with Crippen molar-refractivity contribution in [2.45, 2.75) is 18.2 Å². The molecule has 14 heavy (non-hydrogen) atoms. The quantitative estimate of drug-likeness (QED) is 0.756. The van der Waals surface area contributed by atoms with Crippen molar-refractivity contribution in [3.63, 3.8) is 0 Å². The minimum Gasteiger partial charge on any atom is -0.381 e. The Balaban J connectivity index is 1.99. The van der Waals surface area contributed by atoms with Crippen LogP contribution >= 0.6 is 38.9 Å². The maximum atomic E-state index is 6.26. The molecule has 0 aliphatic carbocycles. The third-order valence-electron chi connectivity index (χ3n) is 2.52. The van der Waals surface area contributed by atoms with Gasteiger partial charge in [0.1, 0.15) is 0 Å². The molecule has 1 aliphatic rings. The fraction of sp³-hybridized carbons (Fsp3) is 0.600. The van der Waals surface area contributed by atoms with E-state index in [4.69, 9.17) is 16.3 Å². The molecule has 78 valence electrons. The maximum Gasteiger partial charge on any atom is 0.0511 e. The van der Waals surface area contributed by atoms with Crippen molar-refractivity contribution in [2.75, 3.05) is 13.2 Å². The first-order chi connectivity index (χ1) is 6.77. The summed E-state index contributed by atoms with van der Waals surface area (Å²) in [6.07, 6.45) is 2.02. The Bertz CT molecular complexity index is 302. The summed E-state index contributed by atoms with van der Waals surface area (Å²) in [6, 6.07) is 2.09. The van der Waals surface area contributed by atoms with Gasteiger partial charge < -0.3 is 4.74 Å². The summed E-state index contributed by atoms with van der Waals surface area (Å²) in [5.74, 6) is 0.473. The van der Waals surface area contributed by atoms with Gasteiger partial charge in [-0.25, -0.2) is 0 Å². The first-order valence-electron chi connectivity index (χ1n) is 4.71. The van der Waals surface area contributed by atoms with E-state index in [-0.39, 0.29) is 5.38 Å². The highest BCUT2D eigenvalue weighted by Gasteiger charge is 2.24. The Hall–Kier alpha value is 0.430. The predicted octanol–water partition coefficient (Wildman–Crippen LogP) is 3.70. The molecule has 2 unspecified atom stereocenters. The lowest BCUT2D eigenvalue weighted by atomic mass is 9.97. The van der Waals surface area contributed by atoms with Crippen LogP contribution in [0.15, 0.2) is 15.9 Å². The number of thiophene rings is 1. The molecule has 0 N–H and O–H groups in total. The monoisotopic (exact) mass is 294 g/mol. The van der Waals surface area contributed by atoms with E-state index < -0.39 is 0 Å². The minimum atomic E-state index is 0.276. The Morgan fingerprint density at radius 3 is 3.14 bits per heavy atom. The van der Waals surface area contributed by atoms with E-state index in [1.807, 2.05) is 0 Å². The molecule has 0 saturated carbocycles. The van der Waals surface area contributed by atoms with Crippen LogP contribution in [0.2, 0.25) is 0 Å². The Morgan fingerprint density at radius 2 is 2.50 bits per heavy atom. The fourth-order valence-electron chi connectivity index (χ4n) is 1.67. The number of alkyl halides is 1. The standard InChI is InChI=1S/C10H12BrClOS/c11-8-2-4-14-10(8)5-7-6-13-3-1-9(7)12/h2,4,7,9H,1,3,5-6H2. The smallest absolute Gasteiger partial charge is 0.0511 e. The van der Waals surface area contributed by atoms with Crippen molar-refractivity contribution >= 4 is 38.9 Å². The van der Waals surface area contributed by atoms with Gasteiger partial charge in [0.2, 0.25) is 0 Å². The summed E-state index contributed by atoms with van der Waals surface area (Å²) < 4.78 is 6.65.